The van der Waals surface area contributed by atoms with Crippen molar-refractivity contribution >= 4 is 34.8 Å². The number of hydrogen-bond acceptors (Lipinski definition) is 1. The van der Waals surface area contributed by atoms with Gasteiger partial charge in [0.25, 0.3) is 0 Å². The van der Waals surface area contributed by atoms with Gasteiger partial charge in [-0.1, -0.05) is 30.1 Å². The second kappa shape index (κ2) is 5.90. The first-order valence-corrected chi connectivity index (χ1v) is 7.49. The van der Waals surface area contributed by atoms with Crippen LogP contribution in [0.2, 0.25) is 10.0 Å². The molecule has 0 heterocycles. The first kappa shape index (κ1) is 14.3. The van der Waals surface area contributed by atoms with Gasteiger partial charge in [0.15, 0.2) is 0 Å². The Labute approximate surface area is 123 Å². The molecule has 1 aliphatic carbocycles. The van der Waals surface area contributed by atoms with Crippen molar-refractivity contribution in [3.05, 3.63) is 27.7 Å². The summed E-state index contributed by atoms with van der Waals surface area (Å²) < 4.78 is 5.41. The summed E-state index contributed by atoms with van der Waals surface area (Å²) >= 11 is 19.0. The lowest BCUT2D eigenvalue weighted by molar-refractivity contribution is 0.340. The normalized spacial score (nSPS) is 18.5. The summed E-state index contributed by atoms with van der Waals surface area (Å²) in [5, 5.41) is 1.12. The summed E-state index contributed by atoms with van der Waals surface area (Å²) in [6, 6.07) is 3.60. The largest absolute Gasteiger partial charge is 0.492 e. The molecule has 1 fully saturated rings. The van der Waals surface area contributed by atoms with Crippen molar-refractivity contribution in [1.82, 2.24) is 0 Å². The van der Waals surface area contributed by atoms with E-state index < -0.39 is 0 Å². The van der Waals surface area contributed by atoms with Gasteiger partial charge in [-0.05, 0) is 43.2 Å². The monoisotopic (exact) mass is 306 g/mol. The first-order valence-electron chi connectivity index (χ1n) is 6.30. The van der Waals surface area contributed by atoms with Crippen LogP contribution in [0.1, 0.15) is 37.6 Å². The predicted molar refractivity (Wildman–Crippen MR) is 78.1 cm³/mol. The SMILES string of the molecule is CCOc1cc(Cl)c(C(Cl)C(C)C2CC2)cc1Cl. The van der Waals surface area contributed by atoms with E-state index in [1.165, 1.54) is 12.8 Å². The average molecular weight is 308 g/mol. The maximum absolute atomic E-state index is 6.51. The van der Waals surface area contributed by atoms with E-state index in [4.69, 9.17) is 39.5 Å². The maximum atomic E-state index is 6.51. The summed E-state index contributed by atoms with van der Waals surface area (Å²) in [6.45, 7) is 4.66. The highest BCUT2D eigenvalue weighted by atomic mass is 35.5. The fourth-order valence-electron chi connectivity index (χ4n) is 2.17. The summed E-state index contributed by atoms with van der Waals surface area (Å²) in [7, 11) is 0. The molecule has 0 spiro atoms. The van der Waals surface area contributed by atoms with E-state index in [0.717, 1.165) is 11.5 Å². The van der Waals surface area contributed by atoms with Crippen LogP contribution < -0.4 is 4.74 Å². The molecule has 2 unspecified atom stereocenters. The van der Waals surface area contributed by atoms with Crippen molar-refractivity contribution in [3.8, 4) is 5.75 Å². The third-order valence-corrected chi connectivity index (χ3v) is 4.73. The van der Waals surface area contributed by atoms with Crippen molar-refractivity contribution in [2.75, 3.05) is 6.61 Å². The Morgan fingerprint density at radius 3 is 2.50 bits per heavy atom. The van der Waals surface area contributed by atoms with Crippen LogP contribution in [-0.2, 0) is 0 Å². The zero-order valence-electron chi connectivity index (χ0n) is 10.6. The molecule has 2 atom stereocenters. The van der Waals surface area contributed by atoms with Crippen LogP contribution in [0.4, 0.5) is 0 Å². The highest BCUT2D eigenvalue weighted by molar-refractivity contribution is 6.35. The fraction of sp³-hybridized carbons (Fsp3) is 0.571. The van der Waals surface area contributed by atoms with E-state index in [-0.39, 0.29) is 5.38 Å². The van der Waals surface area contributed by atoms with Crippen LogP contribution in [0.25, 0.3) is 0 Å². The Morgan fingerprint density at radius 1 is 1.28 bits per heavy atom. The maximum Gasteiger partial charge on any atom is 0.139 e. The van der Waals surface area contributed by atoms with Gasteiger partial charge in [-0.3, -0.25) is 0 Å². The fourth-order valence-corrected chi connectivity index (χ4v) is 3.11. The van der Waals surface area contributed by atoms with E-state index >= 15 is 0 Å². The molecule has 0 aliphatic heterocycles. The second-order valence-corrected chi connectivity index (χ2v) is 6.12. The van der Waals surface area contributed by atoms with Crippen molar-refractivity contribution in [2.45, 2.75) is 32.1 Å². The molecule has 0 amide bonds. The Hall–Kier alpha value is -0.110. The predicted octanol–water partition coefficient (Wildman–Crippen LogP) is 5.72. The Morgan fingerprint density at radius 2 is 1.94 bits per heavy atom. The number of hydrogen-bond donors (Lipinski definition) is 0. The van der Waals surface area contributed by atoms with Gasteiger partial charge in [0.2, 0.25) is 0 Å². The van der Waals surface area contributed by atoms with Crippen LogP contribution in [0, 0.1) is 11.8 Å². The Kier molecular flexibility index (Phi) is 4.69. The lowest BCUT2D eigenvalue weighted by Crippen LogP contribution is -2.07. The minimum Gasteiger partial charge on any atom is -0.492 e. The molecule has 1 aliphatic rings. The molecule has 2 rings (SSSR count). The van der Waals surface area contributed by atoms with Crippen LogP contribution in [0.5, 0.6) is 5.75 Å². The molecule has 100 valence electrons. The van der Waals surface area contributed by atoms with E-state index in [1.807, 2.05) is 13.0 Å². The lowest BCUT2D eigenvalue weighted by Gasteiger charge is -2.20. The molecule has 0 bridgehead atoms. The molecule has 0 aromatic heterocycles. The summed E-state index contributed by atoms with van der Waals surface area (Å²) in [5.41, 5.74) is 0.909. The van der Waals surface area contributed by atoms with Gasteiger partial charge in [0.1, 0.15) is 5.75 Å². The van der Waals surface area contributed by atoms with Gasteiger partial charge in [-0.25, -0.2) is 0 Å². The zero-order chi connectivity index (χ0) is 13.3. The summed E-state index contributed by atoms with van der Waals surface area (Å²) in [5.74, 6) is 1.78. The molecule has 0 radical (unpaired) electrons. The number of halogens is 3. The van der Waals surface area contributed by atoms with Crippen LogP contribution in [-0.4, -0.2) is 6.61 Å². The molecular weight excluding hydrogens is 291 g/mol. The molecule has 0 saturated heterocycles. The molecular formula is C14H17Cl3O. The molecule has 1 nitrogen and oxygen atoms in total. The second-order valence-electron chi connectivity index (χ2n) is 4.84. The van der Waals surface area contributed by atoms with Gasteiger partial charge in [-0.2, -0.15) is 0 Å². The van der Waals surface area contributed by atoms with Gasteiger partial charge < -0.3 is 4.74 Å². The smallest absolute Gasteiger partial charge is 0.139 e. The van der Waals surface area contributed by atoms with Crippen LogP contribution >= 0.6 is 34.8 Å². The van der Waals surface area contributed by atoms with E-state index in [1.54, 1.807) is 6.07 Å². The van der Waals surface area contributed by atoms with Crippen molar-refractivity contribution in [2.24, 2.45) is 11.8 Å². The quantitative estimate of drug-likeness (QED) is 0.632. The third-order valence-electron chi connectivity index (χ3n) is 3.48. The van der Waals surface area contributed by atoms with Gasteiger partial charge >= 0.3 is 0 Å². The van der Waals surface area contributed by atoms with Crippen LogP contribution in [0.15, 0.2) is 12.1 Å². The lowest BCUT2D eigenvalue weighted by atomic mass is 9.96. The minimum atomic E-state index is -0.0850. The molecule has 4 heteroatoms. The Balaban J connectivity index is 2.24. The molecule has 0 N–H and O–H groups in total. The third kappa shape index (κ3) is 3.07. The van der Waals surface area contributed by atoms with Crippen molar-refractivity contribution < 1.29 is 4.74 Å². The van der Waals surface area contributed by atoms with E-state index in [0.29, 0.717) is 28.3 Å². The Bertz CT molecular complexity index is 429. The zero-order valence-corrected chi connectivity index (χ0v) is 12.8. The highest BCUT2D eigenvalue weighted by Gasteiger charge is 2.34. The van der Waals surface area contributed by atoms with Crippen molar-refractivity contribution in [1.29, 1.82) is 0 Å². The highest BCUT2D eigenvalue weighted by Crippen LogP contribution is 2.47. The molecule has 1 aromatic carbocycles. The number of alkyl halides is 1. The average Bonchev–Trinajstić information content (AvgIpc) is 3.16. The number of benzene rings is 1. The molecule has 1 saturated carbocycles. The minimum absolute atomic E-state index is 0.0850. The number of rotatable bonds is 5. The summed E-state index contributed by atoms with van der Waals surface area (Å²) in [4.78, 5) is 0. The molecule has 1 aromatic rings. The topological polar surface area (TPSA) is 9.23 Å². The van der Waals surface area contributed by atoms with Gasteiger partial charge in [0, 0.05) is 11.1 Å². The number of ether oxygens (including phenoxy) is 1. The molecule has 18 heavy (non-hydrogen) atoms. The first-order chi connectivity index (χ1) is 8.54. The van der Waals surface area contributed by atoms with Gasteiger partial charge in [0.05, 0.1) is 17.0 Å². The van der Waals surface area contributed by atoms with E-state index in [2.05, 4.69) is 6.92 Å². The standard InChI is InChI=1S/C14H17Cl3O/c1-3-18-13-7-11(15)10(6-12(13)16)14(17)8(2)9-4-5-9/h6-9,14H,3-5H2,1-2H3. The van der Waals surface area contributed by atoms with Gasteiger partial charge in [-0.15, -0.1) is 11.6 Å². The van der Waals surface area contributed by atoms with Crippen LogP contribution in [0.3, 0.4) is 0 Å². The summed E-state index contributed by atoms with van der Waals surface area (Å²) in [6.07, 6.45) is 2.54. The van der Waals surface area contributed by atoms with Crippen molar-refractivity contribution in [3.63, 3.8) is 0 Å². The van der Waals surface area contributed by atoms with E-state index in [9.17, 15) is 0 Å².